The maximum absolute atomic E-state index is 11.9. The second-order valence-electron chi connectivity index (χ2n) is 4.07. The smallest absolute Gasteiger partial charge is 0.267 e. The lowest BCUT2D eigenvalue weighted by Crippen LogP contribution is -2.18. The van der Waals surface area contributed by atoms with E-state index < -0.39 is 0 Å². The first-order valence-electron chi connectivity index (χ1n) is 5.81. The highest BCUT2D eigenvalue weighted by Crippen LogP contribution is 2.08. The molecule has 0 aliphatic rings. The molecular weight excluding hydrogens is 260 g/mol. The summed E-state index contributed by atoms with van der Waals surface area (Å²) in [6.45, 7) is 1.89. The van der Waals surface area contributed by atoms with E-state index in [0.29, 0.717) is 10.6 Å². The molecule has 1 N–H and O–H groups in total. The van der Waals surface area contributed by atoms with Gasteiger partial charge in [0.15, 0.2) is 0 Å². The van der Waals surface area contributed by atoms with E-state index in [0.717, 1.165) is 11.1 Å². The van der Waals surface area contributed by atoms with Crippen LogP contribution >= 0.6 is 11.6 Å². The predicted octanol–water partition coefficient (Wildman–Crippen LogP) is 3.41. The van der Waals surface area contributed by atoms with Crippen LogP contribution in [0.1, 0.15) is 21.5 Å². The number of carbonyl (C=O) groups excluding carboxylic acids is 1. The number of nitrogens with one attached hydrogen (secondary N) is 1. The number of benzene rings is 2. The van der Waals surface area contributed by atoms with E-state index in [1.807, 2.05) is 37.3 Å². The molecule has 0 spiro atoms. The molecule has 0 heterocycles. The highest BCUT2D eigenvalue weighted by atomic mass is 35.5. The minimum absolute atomic E-state index is 0.219. The molecule has 0 saturated heterocycles. The van der Waals surface area contributed by atoms with Crippen molar-refractivity contribution in [1.82, 2.24) is 5.43 Å². The van der Waals surface area contributed by atoms with Crippen molar-refractivity contribution in [2.24, 2.45) is 5.10 Å². The molecule has 19 heavy (non-hydrogen) atoms. The van der Waals surface area contributed by atoms with Crippen molar-refractivity contribution in [3.8, 4) is 0 Å². The largest absolute Gasteiger partial charge is 0.271 e. The number of hydrogen-bond acceptors (Lipinski definition) is 2. The minimum Gasteiger partial charge on any atom is -0.267 e. The molecule has 1 amide bonds. The lowest BCUT2D eigenvalue weighted by atomic mass is 10.1. The third kappa shape index (κ3) is 3.66. The van der Waals surface area contributed by atoms with Crippen LogP contribution in [0.25, 0.3) is 0 Å². The second kappa shape index (κ2) is 6.16. The molecule has 0 aliphatic heterocycles. The monoisotopic (exact) mass is 272 g/mol. The molecule has 4 heteroatoms. The molecule has 2 aromatic rings. The van der Waals surface area contributed by atoms with Gasteiger partial charge in [-0.15, -0.1) is 0 Å². The van der Waals surface area contributed by atoms with Crippen molar-refractivity contribution in [2.75, 3.05) is 0 Å². The predicted molar refractivity (Wildman–Crippen MR) is 77.7 cm³/mol. The van der Waals surface area contributed by atoms with Gasteiger partial charge in [0.2, 0.25) is 0 Å². The molecule has 0 saturated carbocycles. The van der Waals surface area contributed by atoms with E-state index >= 15 is 0 Å². The maximum Gasteiger partial charge on any atom is 0.271 e. The van der Waals surface area contributed by atoms with E-state index in [-0.39, 0.29) is 5.91 Å². The van der Waals surface area contributed by atoms with Crippen molar-refractivity contribution in [3.05, 3.63) is 70.2 Å². The first kappa shape index (κ1) is 13.3. The van der Waals surface area contributed by atoms with Gasteiger partial charge in [0.05, 0.1) is 6.21 Å². The second-order valence-corrected chi connectivity index (χ2v) is 4.50. The minimum atomic E-state index is -0.219. The zero-order chi connectivity index (χ0) is 13.7. The van der Waals surface area contributed by atoms with Gasteiger partial charge < -0.3 is 0 Å². The Balaban J connectivity index is 2.01. The molecule has 0 unspecified atom stereocenters. The molecular formula is C15H13ClN2O. The maximum atomic E-state index is 11.9. The third-order valence-corrected chi connectivity index (χ3v) is 2.89. The van der Waals surface area contributed by atoms with E-state index in [2.05, 4.69) is 10.5 Å². The normalized spacial score (nSPS) is 10.6. The summed E-state index contributed by atoms with van der Waals surface area (Å²) >= 11 is 5.78. The van der Waals surface area contributed by atoms with Crippen LogP contribution < -0.4 is 5.43 Å². The summed E-state index contributed by atoms with van der Waals surface area (Å²) in [5.74, 6) is -0.219. The zero-order valence-corrected chi connectivity index (χ0v) is 11.2. The van der Waals surface area contributed by atoms with Gasteiger partial charge in [-0.3, -0.25) is 4.79 Å². The van der Waals surface area contributed by atoms with Crippen LogP contribution in [0.4, 0.5) is 0 Å². The number of hydrazone groups is 1. The van der Waals surface area contributed by atoms with E-state index in [4.69, 9.17) is 11.6 Å². The summed E-state index contributed by atoms with van der Waals surface area (Å²) in [5, 5.41) is 4.59. The van der Waals surface area contributed by atoms with E-state index in [9.17, 15) is 4.79 Å². The summed E-state index contributed by atoms with van der Waals surface area (Å²) < 4.78 is 0. The van der Waals surface area contributed by atoms with Crippen molar-refractivity contribution in [2.45, 2.75) is 6.92 Å². The molecule has 2 rings (SSSR count). The molecule has 0 bridgehead atoms. The third-order valence-electron chi connectivity index (χ3n) is 2.64. The molecule has 96 valence electrons. The van der Waals surface area contributed by atoms with E-state index in [1.165, 1.54) is 0 Å². The van der Waals surface area contributed by atoms with Crippen molar-refractivity contribution in [3.63, 3.8) is 0 Å². The van der Waals surface area contributed by atoms with Gasteiger partial charge in [-0.1, -0.05) is 41.9 Å². The first-order valence-corrected chi connectivity index (χ1v) is 6.19. The molecule has 0 aliphatic carbocycles. The average molecular weight is 273 g/mol. The Hall–Kier alpha value is -2.13. The lowest BCUT2D eigenvalue weighted by Gasteiger charge is -2.02. The van der Waals surface area contributed by atoms with Gasteiger partial charge in [0, 0.05) is 10.6 Å². The molecule has 2 aromatic carbocycles. The Bertz CT molecular complexity index is 606. The van der Waals surface area contributed by atoms with Crippen LogP contribution in [0.3, 0.4) is 0 Å². The van der Waals surface area contributed by atoms with Crippen LogP contribution in [0.2, 0.25) is 5.02 Å². The fraction of sp³-hybridized carbons (Fsp3) is 0.0667. The van der Waals surface area contributed by atoms with Gasteiger partial charge in [-0.25, -0.2) is 5.43 Å². The van der Waals surface area contributed by atoms with Gasteiger partial charge >= 0.3 is 0 Å². The fourth-order valence-corrected chi connectivity index (χ4v) is 1.73. The summed E-state index contributed by atoms with van der Waals surface area (Å²) in [6, 6.07) is 14.6. The van der Waals surface area contributed by atoms with Gasteiger partial charge in [-0.2, -0.15) is 5.10 Å². The average Bonchev–Trinajstić information content (AvgIpc) is 2.41. The van der Waals surface area contributed by atoms with Crippen LogP contribution in [-0.2, 0) is 0 Å². The molecule has 0 atom stereocenters. The quantitative estimate of drug-likeness (QED) is 0.675. The zero-order valence-electron chi connectivity index (χ0n) is 10.4. The Morgan fingerprint density at radius 1 is 1.16 bits per heavy atom. The number of amides is 1. The van der Waals surface area contributed by atoms with Crippen LogP contribution in [0.5, 0.6) is 0 Å². The summed E-state index contributed by atoms with van der Waals surface area (Å²) in [4.78, 5) is 11.9. The van der Waals surface area contributed by atoms with Crippen LogP contribution in [0, 0.1) is 6.92 Å². The number of carbonyl (C=O) groups is 1. The fourth-order valence-electron chi connectivity index (χ4n) is 1.60. The first-order chi connectivity index (χ1) is 9.16. The number of halogens is 1. The Kier molecular flexibility index (Phi) is 4.31. The molecule has 0 aromatic heterocycles. The number of rotatable bonds is 3. The highest BCUT2D eigenvalue weighted by Gasteiger charge is 2.05. The molecule has 0 fully saturated rings. The molecule has 0 radical (unpaired) electrons. The Morgan fingerprint density at radius 3 is 2.53 bits per heavy atom. The van der Waals surface area contributed by atoms with Gasteiger partial charge in [0.25, 0.3) is 5.91 Å². The number of aryl methyl sites for hydroxylation is 1. The number of nitrogens with zero attached hydrogens (tertiary/aromatic N) is 1. The van der Waals surface area contributed by atoms with Crippen LogP contribution in [-0.4, -0.2) is 12.1 Å². The van der Waals surface area contributed by atoms with Crippen molar-refractivity contribution >= 4 is 23.7 Å². The van der Waals surface area contributed by atoms with Gasteiger partial charge in [-0.05, 0) is 36.2 Å². The number of hydrogen-bond donors (Lipinski definition) is 1. The Morgan fingerprint density at radius 2 is 1.84 bits per heavy atom. The SMILES string of the molecule is Cc1ccccc1C(=O)N/N=C/c1ccc(Cl)cc1. The van der Waals surface area contributed by atoms with E-state index in [1.54, 1.807) is 24.4 Å². The van der Waals surface area contributed by atoms with Crippen LogP contribution in [0.15, 0.2) is 53.6 Å². The van der Waals surface area contributed by atoms with Crippen molar-refractivity contribution in [1.29, 1.82) is 0 Å². The molecule has 3 nitrogen and oxygen atoms in total. The lowest BCUT2D eigenvalue weighted by molar-refractivity contribution is 0.0954. The highest BCUT2D eigenvalue weighted by molar-refractivity contribution is 6.30. The summed E-state index contributed by atoms with van der Waals surface area (Å²) in [5.41, 5.74) is 4.91. The van der Waals surface area contributed by atoms with Gasteiger partial charge in [0.1, 0.15) is 0 Å². The Labute approximate surface area is 116 Å². The standard InChI is InChI=1S/C15H13ClN2O/c1-11-4-2-3-5-14(11)15(19)18-17-10-12-6-8-13(16)9-7-12/h2-10H,1H3,(H,18,19)/b17-10+. The summed E-state index contributed by atoms with van der Waals surface area (Å²) in [6.07, 6.45) is 1.58. The topological polar surface area (TPSA) is 41.5 Å². The summed E-state index contributed by atoms with van der Waals surface area (Å²) in [7, 11) is 0. The van der Waals surface area contributed by atoms with Crippen molar-refractivity contribution < 1.29 is 4.79 Å².